The number of carboxylic acids is 1. The summed E-state index contributed by atoms with van der Waals surface area (Å²) >= 11 is 0. The van der Waals surface area contributed by atoms with Crippen molar-refractivity contribution in [2.45, 2.75) is 19.9 Å². The molecule has 1 aromatic carbocycles. The van der Waals surface area contributed by atoms with Gasteiger partial charge in [0.15, 0.2) is 0 Å². The zero-order valence-corrected chi connectivity index (χ0v) is 9.86. The van der Waals surface area contributed by atoms with Crippen LogP contribution in [0.25, 0.3) is 0 Å². The normalized spacial score (nSPS) is 11.7. The molecule has 1 rings (SSSR count). The van der Waals surface area contributed by atoms with Gasteiger partial charge in [-0.15, -0.1) is 0 Å². The number of carbonyl (C=O) groups is 2. The summed E-state index contributed by atoms with van der Waals surface area (Å²) in [5.74, 6) is -1.80. The molecule has 1 atom stereocenters. The molecule has 0 fully saturated rings. The SMILES string of the molecule is CC(=O)N(c1ccccc1[N+](=O)[O-])C(C)C(=O)O. The molecule has 1 unspecified atom stereocenters. The van der Waals surface area contributed by atoms with Crippen molar-refractivity contribution in [1.82, 2.24) is 0 Å². The van der Waals surface area contributed by atoms with Crippen molar-refractivity contribution >= 4 is 23.3 Å². The van der Waals surface area contributed by atoms with Gasteiger partial charge in [-0.25, -0.2) is 4.79 Å². The molecule has 0 radical (unpaired) electrons. The fourth-order valence-electron chi connectivity index (χ4n) is 1.58. The van der Waals surface area contributed by atoms with Gasteiger partial charge < -0.3 is 5.11 Å². The largest absolute Gasteiger partial charge is 0.480 e. The van der Waals surface area contributed by atoms with Crippen LogP contribution in [0.1, 0.15) is 13.8 Å². The number of carboxylic acid groups (broad SMARTS) is 1. The van der Waals surface area contributed by atoms with Crippen molar-refractivity contribution in [3.8, 4) is 0 Å². The molecule has 0 heterocycles. The molecule has 0 aliphatic heterocycles. The minimum Gasteiger partial charge on any atom is -0.480 e. The molecule has 0 saturated carbocycles. The van der Waals surface area contributed by atoms with Gasteiger partial charge in [-0.05, 0) is 13.0 Å². The van der Waals surface area contributed by atoms with E-state index in [1.165, 1.54) is 31.2 Å². The van der Waals surface area contributed by atoms with E-state index in [9.17, 15) is 19.7 Å². The summed E-state index contributed by atoms with van der Waals surface area (Å²) in [5, 5.41) is 19.8. The number of nitro benzene ring substituents is 1. The Morgan fingerprint density at radius 1 is 1.39 bits per heavy atom. The van der Waals surface area contributed by atoms with Crippen LogP contribution < -0.4 is 4.90 Å². The van der Waals surface area contributed by atoms with E-state index in [1.807, 2.05) is 0 Å². The van der Waals surface area contributed by atoms with Crippen LogP contribution in [0.2, 0.25) is 0 Å². The van der Waals surface area contributed by atoms with E-state index in [0.29, 0.717) is 0 Å². The van der Waals surface area contributed by atoms with E-state index < -0.39 is 22.8 Å². The second kappa shape index (κ2) is 5.26. The fraction of sp³-hybridized carbons (Fsp3) is 0.273. The van der Waals surface area contributed by atoms with Crippen LogP contribution in [0.15, 0.2) is 24.3 Å². The minimum atomic E-state index is -1.23. The van der Waals surface area contributed by atoms with Gasteiger partial charge in [-0.1, -0.05) is 12.1 Å². The summed E-state index contributed by atoms with van der Waals surface area (Å²) in [6, 6.07) is 4.35. The smallest absolute Gasteiger partial charge is 0.326 e. The first-order valence-electron chi connectivity index (χ1n) is 5.12. The second-order valence-corrected chi connectivity index (χ2v) is 3.65. The molecule has 0 bridgehead atoms. The molecule has 7 heteroatoms. The predicted octanol–water partition coefficient (Wildman–Crippen LogP) is 1.42. The number of carbonyl (C=O) groups excluding carboxylic acids is 1. The van der Waals surface area contributed by atoms with Crippen molar-refractivity contribution in [3.05, 3.63) is 34.4 Å². The van der Waals surface area contributed by atoms with E-state index in [0.717, 1.165) is 11.8 Å². The lowest BCUT2D eigenvalue weighted by atomic mass is 10.2. The molecule has 1 amide bonds. The van der Waals surface area contributed by atoms with Gasteiger partial charge in [0.05, 0.1) is 4.92 Å². The van der Waals surface area contributed by atoms with Crippen LogP contribution in [0.4, 0.5) is 11.4 Å². The van der Waals surface area contributed by atoms with E-state index in [2.05, 4.69) is 0 Å². The number of para-hydroxylation sites is 2. The summed E-state index contributed by atoms with van der Waals surface area (Å²) in [6.07, 6.45) is 0. The Kier molecular flexibility index (Phi) is 3.98. The van der Waals surface area contributed by atoms with Crippen LogP contribution in [-0.2, 0) is 9.59 Å². The number of hydrogen-bond donors (Lipinski definition) is 1. The molecule has 0 aliphatic rings. The number of hydrogen-bond acceptors (Lipinski definition) is 4. The highest BCUT2D eigenvalue weighted by molar-refractivity contribution is 5.99. The van der Waals surface area contributed by atoms with Crippen molar-refractivity contribution in [3.63, 3.8) is 0 Å². The lowest BCUT2D eigenvalue weighted by molar-refractivity contribution is -0.384. The van der Waals surface area contributed by atoms with E-state index >= 15 is 0 Å². The van der Waals surface area contributed by atoms with E-state index in [-0.39, 0.29) is 11.4 Å². The molecule has 0 aliphatic carbocycles. The number of aliphatic carboxylic acids is 1. The Bertz CT molecular complexity index is 500. The lowest BCUT2D eigenvalue weighted by Crippen LogP contribution is -2.42. The monoisotopic (exact) mass is 252 g/mol. The third-order valence-electron chi connectivity index (χ3n) is 2.42. The van der Waals surface area contributed by atoms with Crippen LogP contribution in [0, 0.1) is 10.1 Å². The Balaban J connectivity index is 3.35. The fourth-order valence-corrected chi connectivity index (χ4v) is 1.58. The number of rotatable bonds is 4. The Hall–Kier alpha value is -2.44. The van der Waals surface area contributed by atoms with Crippen molar-refractivity contribution in [1.29, 1.82) is 0 Å². The first kappa shape index (κ1) is 13.6. The summed E-state index contributed by atoms with van der Waals surface area (Å²) in [6.45, 7) is 2.45. The molecule has 1 aromatic rings. The topological polar surface area (TPSA) is 101 Å². The second-order valence-electron chi connectivity index (χ2n) is 3.65. The highest BCUT2D eigenvalue weighted by atomic mass is 16.6. The summed E-state index contributed by atoms with van der Waals surface area (Å²) in [4.78, 5) is 33.5. The molecule has 0 spiro atoms. The van der Waals surface area contributed by atoms with Gasteiger partial charge in [0, 0.05) is 13.0 Å². The Morgan fingerprint density at radius 2 is 1.94 bits per heavy atom. The highest BCUT2D eigenvalue weighted by Crippen LogP contribution is 2.29. The molecule has 18 heavy (non-hydrogen) atoms. The molecule has 96 valence electrons. The summed E-state index contributed by atoms with van der Waals surface area (Å²) in [5.41, 5.74) is -0.328. The number of anilines is 1. The first-order valence-corrected chi connectivity index (χ1v) is 5.12. The van der Waals surface area contributed by atoms with Crippen molar-refractivity contribution < 1.29 is 19.6 Å². The average molecular weight is 252 g/mol. The quantitative estimate of drug-likeness (QED) is 0.645. The van der Waals surface area contributed by atoms with Crippen molar-refractivity contribution in [2.24, 2.45) is 0 Å². The van der Waals surface area contributed by atoms with Gasteiger partial charge in [-0.2, -0.15) is 0 Å². The number of benzene rings is 1. The van der Waals surface area contributed by atoms with Crippen LogP contribution in [0.5, 0.6) is 0 Å². The third kappa shape index (κ3) is 2.62. The van der Waals surface area contributed by atoms with Gasteiger partial charge in [-0.3, -0.25) is 19.8 Å². The maximum atomic E-state index is 11.5. The zero-order valence-electron chi connectivity index (χ0n) is 9.86. The van der Waals surface area contributed by atoms with Gasteiger partial charge in [0.25, 0.3) is 5.69 Å². The van der Waals surface area contributed by atoms with Crippen LogP contribution >= 0.6 is 0 Å². The Morgan fingerprint density at radius 3 is 2.39 bits per heavy atom. The molecule has 7 nitrogen and oxygen atoms in total. The molecule has 1 N–H and O–H groups in total. The predicted molar refractivity (Wildman–Crippen MR) is 63.4 cm³/mol. The summed E-state index contributed by atoms with van der Waals surface area (Å²) < 4.78 is 0. The summed E-state index contributed by atoms with van der Waals surface area (Å²) in [7, 11) is 0. The number of nitrogens with zero attached hydrogens (tertiary/aromatic N) is 2. The third-order valence-corrected chi connectivity index (χ3v) is 2.42. The van der Waals surface area contributed by atoms with Gasteiger partial charge in [0.2, 0.25) is 5.91 Å². The zero-order chi connectivity index (χ0) is 13.9. The molecule has 0 aromatic heterocycles. The number of nitro groups is 1. The molecular formula is C11H12N2O5. The van der Waals surface area contributed by atoms with Gasteiger partial charge in [0.1, 0.15) is 11.7 Å². The first-order chi connectivity index (χ1) is 8.36. The highest BCUT2D eigenvalue weighted by Gasteiger charge is 2.29. The van der Waals surface area contributed by atoms with E-state index in [4.69, 9.17) is 5.11 Å². The van der Waals surface area contributed by atoms with Gasteiger partial charge >= 0.3 is 5.97 Å². The average Bonchev–Trinajstić information content (AvgIpc) is 2.28. The Labute approximate surface area is 103 Å². The minimum absolute atomic E-state index is 0.0232. The maximum Gasteiger partial charge on any atom is 0.326 e. The number of amides is 1. The maximum absolute atomic E-state index is 11.5. The van der Waals surface area contributed by atoms with Crippen molar-refractivity contribution in [2.75, 3.05) is 4.90 Å². The van der Waals surface area contributed by atoms with E-state index in [1.54, 1.807) is 0 Å². The lowest BCUT2D eigenvalue weighted by Gasteiger charge is -2.24. The van der Waals surface area contributed by atoms with Crippen LogP contribution in [0.3, 0.4) is 0 Å². The standard InChI is InChI=1S/C11H12N2O5/c1-7(11(15)16)12(8(2)14)9-5-3-4-6-10(9)13(17)18/h3-7H,1-2H3,(H,15,16). The molecular weight excluding hydrogens is 240 g/mol. The van der Waals surface area contributed by atoms with Crippen LogP contribution in [-0.4, -0.2) is 27.9 Å². The molecule has 0 saturated heterocycles.